The number of esters is 1. The first-order chi connectivity index (χ1) is 14.5. The quantitative estimate of drug-likeness (QED) is 0.507. The Morgan fingerprint density at radius 1 is 0.967 bits per heavy atom. The maximum Gasteiger partial charge on any atom is 0.317 e. The standard InChI is InChI=1S/C24H26O6/c1-5-30-24(26)23-19(15-6-9-18(27-2)10-7-15)12-17(13-20(23)25)16-8-11-21(28-3)22(14-16)29-4/h6-11,13-14,19,23H,5,12H2,1-4H3/t19-,23+/m0/s1. The van der Waals surface area contributed by atoms with Gasteiger partial charge >= 0.3 is 5.97 Å². The van der Waals surface area contributed by atoms with E-state index in [9.17, 15) is 9.59 Å². The number of methoxy groups -OCH3 is 3. The number of ketones is 1. The molecule has 0 fully saturated rings. The Labute approximate surface area is 176 Å². The largest absolute Gasteiger partial charge is 0.497 e. The minimum atomic E-state index is -0.873. The number of hydrogen-bond donors (Lipinski definition) is 0. The van der Waals surface area contributed by atoms with Crippen molar-refractivity contribution in [1.82, 2.24) is 0 Å². The fraction of sp³-hybridized carbons (Fsp3) is 0.333. The predicted molar refractivity (Wildman–Crippen MR) is 113 cm³/mol. The maximum atomic E-state index is 13.0. The molecule has 0 N–H and O–H groups in total. The van der Waals surface area contributed by atoms with Gasteiger partial charge in [-0.25, -0.2) is 0 Å². The summed E-state index contributed by atoms with van der Waals surface area (Å²) in [6.45, 7) is 1.96. The Balaban J connectivity index is 2.02. The van der Waals surface area contributed by atoms with Crippen molar-refractivity contribution >= 4 is 17.3 Å². The van der Waals surface area contributed by atoms with E-state index in [1.165, 1.54) is 0 Å². The van der Waals surface area contributed by atoms with E-state index < -0.39 is 11.9 Å². The van der Waals surface area contributed by atoms with Crippen molar-refractivity contribution in [2.45, 2.75) is 19.3 Å². The first kappa shape index (κ1) is 21.4. The van der Waals surface area contributed by atoms with E-state index in [-0.39, 0.29) is 18.3 Å². The molecule has 0 saturated heterocycles. The van der Waals surface area contributed by atoms with Gasteiger partial charge in [0.2, 0.25) is 0 Å². The fourth-order valence-corrected chi connectivity index (χ4v) is 3.78. The number of carbonyl (C=O) groups is 2. The monoisotopic (exact) mass is 410 g/mol. The van der Waals surface area contributed by atoms with Crippen LogP contribution >= 0.6 is 0 Å². The molecule has 0 radical (unpaired) electrons. The Hall–Kier alpha value is -3.28. The van der Waals surface area contributed by atoms with E-state index in [4.69, 9.17) is 18.9 Å². The van der Waals surface area contributed by atoms with Gasteiger partial charge in [-0.3, -0.25) is 9.59 Å². The zero-order valence-electron chi connectivity index (χ0n) is 17.6. The van der Waals surface area contributed by atoms with Gasteiger partial charge in [0.05, 0.1) is 27.9 Å². The predicted octanol–water partition coefficient (Wildman–Crippen LogP) is 4.03. The Kier molecular flexibility index (Phi) is 6.77. The van der Waals surface area contributed by atoms with Crippen molar-refractivity contribution in [3.63, 3.8) is 0 Å². The van der Waals surface area contributed by atoms with E-state index in [0.717, 1.165) is 16.7 Å². The molecule has 3 rings (SSSR count). The van der Waals surface area contributed by atoms with Crippen LogP contribution < -0.4 is 14.2 Å². The van der Waals surface area contributed by atoms with Crippen molar-refractivity contribution < 1.29 is 28.5 Å². The van der Waals surface area contributed by atoms with Gasteiger partial charge in [0.1, 0.15) is 11.7 Å². The molecule has 0 saturated carbocycles. The lowest BCUT2D eigenvalue weighted by atomic mass is 9.73. The number of allylic oxidation sites excluding steroid dienone is 2. The second-order valence-corrected chi connectivity index (χ2v) is 6.96. The summed E-state index contributed by atoms with van der Waals surface area (Å²) in [4.78, 5) is 25.6. The smallest absolute Gasteiger partial charge is 0.317 e. The number of carbonyl (C=O) groups excluding carboxylic acids is 2. The van der Waals surface area contributed by atoms with Crippen molar-refractivity contribution in [3.8, 4) is 17.2 Å². The van der Waals surface area contributed by atoms with E-state index in [1.807, 2.05) is 36.4 Å². The molecule has 2 aromatic carbocycles. The van der Waals surface area contributed by atoms with Crippen molar-refractivity contribution in [2.75, 3.05) is 27.9 Å². The summed E-state index contributed by atoms with van der Waals surface area (Å²) in [7, 11) is 4.74. The highest BCUT2D eigenvalue weighted by Gasteiger charge is 2.39. The lowest BCUT2D eigenvalue weighted by Crippen LogP contribution is -2.34. The van der Waals surface area contributed by atoms with E-state index in [1.54, 1.807) is 40.4 Å². The molecule has 2 atom stereocenters. The minimum absolute atomic E-state index is 0.226. The zero-order valence-corrected chi connectivity index (χ0v) is 17.6. The fourth-order valence-electron chi connectivity index (χ4n) is 3.78. The van der Waals surface area contributed by atoms with Crippen LogP contribution in [0.5, 0.6) is 17.2 Å². The zero-order chi connectivity index (χ0) is 21.7. The molecule has 0 spiro atoms. The first-order valence-corrected chi connectivity index (χ1v) is 9.79. The van der Waals surface area contributed by atoms with E-state index in [2.05, 4.69) is 0 Å². The first-order valence-electron chi connectivity index (χ1n) is 9.79. The third kappa shape index (κ3) is 4.32. The summed E-state index contributed by atoms with van der Waals surface area (Å²) in [6, 6.07) is 13.0. The molecule has 0 aromatic heterocycles. The summed E-state index contributed by atoms with van der Waals surface area (Å²) >= 11 is 0. The van der Waals surface area contributed by atoms with Crippen LogP contribution in [0.15, 0.2) is 48.5 Å². The molecule has 30 heavy (non-hydrogen) atoms. The van der Waals surface area contributed by atoms with Crippen LogP contribution in [0, 0.1) is 5.92 Å². The molecule has 0 heterocycles. The third-order valence-corrected chi connectivity index (χ3v) is 5.30. The Morgan fingerprint density at radius 2 is 1.67 bits per heavy atom. The van der Waals surface area contributed by atoms with E-state index in [0.29, 0.717) is 23.7 Å². The molecule has 0 unspecified atom stereocenters. The number of ether oxygens (including phenoxy) is 4. The van der Waals surface area contributed by atoms with Crippen LogP contribution in [0.3, 0.4) is 0 Å². The van der Waals surface area contributed by atoms with Crippen LogP contribution in [0.25, 0.3) is 5.57 Å². The Bertz CT molecular complexity index is 945. The van der Waals surface area contributed by atoms with Gasteiger partial charge in [-0.1, -0.05) is 18.2 Å². The lowest BCUT2D eigenvalue weighted by Gasteiger charge is -2.29. The van der Waals surface area contributed by atoms with Crippen molar-refractivity contribution in [3.05, 3.63) is 59.7 Å². The SMILES string of the molecule is CCOC(=O)[C@H]1C(=O)C=C(c2ccc(OC)c(OC)c2)C[C@H]1c1ccc(OC)cc1. The third-order valence-electron chi connectivity index (χ3n) is 5.30. The van der Waals surface area contributed by atoms with Crippen molar-refractivity contribution in [1.29, 1.82) is 0 Å². The molecular formula is C24H26O6. The van der Waals surface area contributed by atoms with Gasteiger partial charge in [-0.2, -0.15) is 0 Å². The van der Waals surface area contributed by atoms with Crippen LogP contribution in [-0.2, 0) is 14.3 Å². The summed E-state index contributed by atoms with van der Waals surface area (Å²) in [5.74, 6) is -0.0600. The number of hydrogen-bond acceptors (Lipinski definition) is 6. The van der Waals surface area contributed by atoms with Gasteiger partial charge in [-0.05, 0) is 60.4 Å². The minimum Gasteiger partial charge on any atom is -0.497 e. The normalized spacial score (nSPS) is 18.4. The molecule has 1 aliphatic carbocycles. The molecule has 6 nitrogen and oxygen atoms in total. The molecule has 0 bridgehead atoms. The van der Waals surface area contributed by atoms with E-state index >= 15 is 0 Å². The van der Waals surface area contributed by atoms with Crippen LogP contribution in [-0.4, -0.2) is 39.7 Å². The highest BCUT2D eigenvalue weighted by Crippen LogP contribution is 2.42. The molecule has 1 aliphatic rings. The van der Waals surface area contributed by atoms with Gasteiger partial charge in [0, 0.05) is 5.92 Å². The van der Waals surface area contributed by atoms with Gasteiger partial charge in [-0.15, -0.1) is 0 Å². The average molecular weight is 410 g/mol. The highest BCUT2D eigenvalue weighted by molar-refractivity contribution is 6.10. The second-order valence-electron chi connectivity index (χ2n) is 6.96. The number of rotatable bonds is 7. The maximum absolute atomic E-state index is 13.0. The average Bonchev–Trinajstić information content (AvgIpc) is 2.78. The summed E-state index contributed by atoms with van der Waals surface area (Å²) in [6.07, 6.45) is 2.06. The molecule has 0 amide bonds. The van der Waals surface area contributed by atoms with Crippen molar-refractivity contribution in [2.24, 2.45) is 5.92 Å². The van der Waals surface area contributed by atoms with Gasteiger partial charge in [0.15, 0.2) is 17.3 Å². The van der Waals surface area contributed by atoms with Gasteiger partial charge in [0.25, 0.3) is 0 Å². The summed E-state index contributed by atoms with van der Waals surface area (Å²) in [5, 5.41) is 0. The molecule has 0 aliphatic heterocycles. The molecule has 6 heteroatoms. The molecule has 2 aromatic rings. The highest BCUT2D eigenvalue weighted by atomic mass is 16.5. The molecule has 158 valence electrons. The van der Waals surface area contributed by atoms with Crippen LogP contribution in [0.2, 0.25) is 0 Å². The molecular weight excluding hydrogens is 384 g/mol. The second kappa shape index (κ2) is 9.48. The topological polar surface area (TPSA) is 71.1 Å². The summed E-state index contributed by atoms with van der Waals surface area (Å²) < 4.78 is 21.1. The van der Waals surface area contributed by atoms with Gasteiger partial charge < -0.3 is 18.9 Å². The summed E-state index contributed by atoms with van der Waals surface area (Å²) in [5.41, 5.74) is 2.57. The number of benzene rings is 2. The van der Waals surface area contributed by atoms with Crippen LogP contribution in [0.1, 0.15) is 30.4 Å². The Morgan fingerprint density at radius 3 is 2.27 bits per heavy atom. The lowest BCUT2D eigenvalue weighted by molar-refractivity contribution is -0.151. The van der Waals surface area contributed by atoms with Crippen LogP contribution in [0.4, 0.5) is 0 Å².